The Labute approximate surface area is 131 Å². The predicted molar refractivity (Wildman–Crippen MR) is 88.1 cm³/mol. The summed E-state index contributed by atoms with van der Waals surface area (Å²) in [5.41, 5.74) is 2.48. The van der Waals surface area contributed by atoms with E-state index in [-0.39, 0.29) is 5.92 Å². The number of hydrogen-bond donors (Lipinski definition) is 2. The molecular formula is C15H16INO3. The van der Waals surface area contributed by atoms with E-state index in [2.05, 4.69) is 27.9 Å². The molecule has 5 heteroatoms. The highest BCUT2D eigenvalue weighted by Crippen LogP contribution is 2.28. The van der Waals surface area contributed by atoms with Crippen LogP contribution in [0.5, 0.6) is 0 Å². The Morgan fingerprint density at radius 2 is 2.20 bits per heavy atom. The highest BCUT2D eigenvalue weighted by atomic mass is 127. The van der Waals surface area contributed by atoms with E-state index in [1.54, 1.807) is 19.2 Å². The Balaban J connectivity index is 0.000000246. The fraction of sp³-hybridized carbons (Fsp3) is 0.267. The van der Waals surface area contributed by atoms with Gasteiger partial charge in [-0.05, 0) is 53.3 Å². The first kappa shape index (κ1) is 16.5. The molecule has 0 aliphatic carbocycles. The molecule has 1 atom stereocenters. The second kappa shape index (κ2) is 7.87. The van der Waals surface area contributed by atoms with Crippen LogP contribution in [0.2, 0.25) is 0 Å². The Kier molecular flexibility index (Phi) is 6.48. The topological polar surface area (TPSA) is 66.4 Å². The zero-order valence-electron chi connectivity index (χ0n) is 11.3. The number of fused-ring (bicyclic) bond motifs is 1. The third kappa shape index (κ3) is 4.51. The molecular weight excluding hydrogens is 369 g/mol. The SMILES string of the molecule is CCC(C)C(=O)O.O=C=C1C=CNc2ccc(I)cc21. The average molecular weight is 385 g/mol. The summed E-state index contributed by atoms with van der Waals surface area (Å²) in [5, 5.41) is 11.3. The fourth-order valence-electron chi connectivity index (χ4n) is 1.43. The van der Waals surface area contributed by atoms with Crippen molar-refractivity contribution in [1.82, 2.24) is 0 Å². The second-order valence-corrected chi connectivity index (χ2v) is 5.58. The standard InChI is InChI=1S/C10H6INO.C5H10O2/c11-8-1-2-10-9(5-8)7(6-13)3-4-12-10;1-3-4(2)5(6)7/h1-5,12H;4H,3H2,1-2H3,(H,6,7). The smallest absolute Gasteiger partial charge is 0.306 e. The highest BCUT2D eigenvalue weighted by molar-refractivity contribution is 14.1. The van der Waals surface area contributed by atoms with Crippen molar-refractivity contribution >= 4 is 45.8 Å². The lowest BCUT2D eigenvalue weighted by Crippen LogP contribution is -2.06. The van der Waals surface area contributed by atoms with E-state index in [1.807, 2.05) is 31.1 Å². The van der Waals surface area contributed by atoms with Gasteiger partial charge in [-0.2, -0.15) is 0 Å². The van der Waals surface area contributed by atoms with Crippen molar-refractivity contribution in [2.45, 2.75) is 20.3 Å². The van der Waals surface area contributed by atoms with Crippen LogP contribution >= 0.6 is 22.6 Å². The summed E-state index contributed by atoms with van der Waals surface area (Å²) in [7, 11) is 0. The zero-order valence-corrected chi connectivity index (χ0v) is 13.5. The lowest BCUT2D eigenvalue weighted by Gasteiger charge is -2.12. The van der Waals surface area contributed by atoms with Gasteiger partial charge in [0.25, 0.3) is 0 Å². The number of carbonyl (C=O) groups is 1. The Morgan fingerprint density at radius 3 is 2.70 bits per heavy atom. The van der Waals surface area contributed by atoms with E-state index in [4.69, 9.17) is 5.11 Å². The normalized spacial score (nSPS) is 13.2. The largest absolute Gasteiger partial charge is 0.481 e. The van der Waals surface area contributed by atoms with Crippen LogP contribution < -0.4 is 5.32 Å². The molecule has 1 heterocycles. The molecule has 1 aromatic carbocycles. The van der Waals surface area contributed by atoms with Gasteiger partial charge in [0, 0.05) is 21.0 Å². The minimum atomic E-state index is -0.706. The van der Waals surface area contributed by atoms with Gasteiger partial charge in [-0.3, -0.25) is 4.79 Å². The third-order valence-electron chi connectivity index (χ3n) is 2.90. The predicted octanol–water partition coefficient (Wildman–Crippen LogP) is 3.56. The van der Waals surface area contributed by atoms with Crippen molar-refractivity contribution in [2.75, 3.05) is 5.32 Å². The van der Waals surface area contributed by atoms with Gasteiger partial charge in [0.15, 0.2) is 0 Å². The van der Waals surface area contributed by atoms with E-state index in [9.17, 15) is 9.59 Å². The Morgan fingerprint density at radius 1 is 1.50 bits per heavy atom. The van der Waals surface area contributed by atoms with Crippen LogP contribution in [0.15, 0.2) is 30.5 Å². The van der Waals surface area contributed by atoms with Crippen molar-refractivity contribution in [2.24, 2.45) is 5.92 Å². The van der Waals surface area contributed by atoms with Crippen LogP contribution in [0.3, 0.4) is 0 Å². The number of allylic oxidation sites excluding steroid dienone is 2. The van der Waals surface area contributed by atoms with Crippen LogP contribution in [0.1, 0.15) is 25.8 Å². The molecule has 2 N–H and O–H groups in total. The van der Waals surface area contributed by atoms with Crippen molar-refractivity contribution in [1.29, 1.82) is 0 Å². The highest BCUT2D eigenvalue weighted by Gasteiger charge is 2.09. The van der Waals surface area contributed by atoms with Crippen LogP contribution in [0.25, 0.3) is 5.57 Å². The van der Waals surface area contributed by atoms with Gasteiger partial charge in [-0.1, -0.05) is 13.8 Å². The molecule has 106 valence electrons. The first-order valence-electron chi connectivity index (χ1n) is 6.20. The number of halogens is 1. The summed E-state index contributed by atoms with van der Waals surface area (Å²) in [4.78, 5) is 20.5. The molecule has 1 unspecified atom stereocenters. The number of rotatable bonds is 2. The fourth-order valence-corrected chi connectivity index (χ4v) is 1.92. The Bertz CT molecular complexity index is 574. The quantitative estimate of drug-likeness (QED) is 0.604. The molecule has 20 heavy (non-hydrogen) atoms. The molecule has 0 saturated carbocycles. The van der Waals surface area contributed by atoms with E-state index in [0.29, 0.717) is 5.57 Å². The van der Waals surface area contributed by atoms with Crippen LogP contribution in [-0.4, -0.2) is 17.0 Å². The van der Waals surface area contributed by atoms with Crippen LogP contribution in [0, 0.1) is 9.49 Å². The first-order valence-corrected chi connectivity index (χ1v) is 7.28. The molecule has 0 aromatic heterocycles. The number of anilines is 1. The van der Waals surface area contributed by atoms with Crippen molar-refractivity contribution in [3.05, 3.63) is 39.6 Å². The molecule has 4 nitrogen and oxygen atoms in total. The van der Waals surface area contributed by atoms with Gasteiger partial charge in [-0.25, -0.2) is 4.79 Å². The number of benzene rings is 1. The van der Waals surface area contributed by atoms with Crippen molar-refractivity contribution < 1.29 is 14.7 Å². The molecule has 0 bridgehead atoms. The molecule has 0 spiro atoms. The summed E-state index contributed by atoms with van der Waals surface area (Å²) >= 11 is 2.22. The van der Waals surface area contributed by atoms with E-state index in [1.165, 1.54) is 0 Å². The number of carboxylic acids is 1. The zero-order chi connectivity index (χ0) is 15.1. The summed E-state index contributed by atoms with van der Waals surface area (Å²) in [5.74, 6) is 1.04. The van der Waals surface area contributed by atoms with Crippen LogP contribution in [-0.2, 0) is 9.59 Å². The number of aliphatic carboxylic acids is 1. The first-order chi connectivity index (χ1) is 9.49. The number of carboxylic acid groups (broad SMARTS) is 1. The number of nitrogens with one attached hydrogen (secondary N) is 1. The lowest BCUT2D eigenvalue weighted by molar-refractivity contribution is -0.141. The maximum Gasteiger partial charge on any atom is 0.306 e. The molecule has 1 aliphatic heterocycles. The minimum Gasteiger partial charge on any atom is -0.481 e. The maximum atomic E-state index is 10.6. The summed E-state index contributed by atoms with van der Waals surface area (Å²) < 4.78 is 1.11. The minimum absolute atomic E-state index is 0.181. The number of carbonyl (C=O) groups excluding carboxylic acids is 1. The lowest BCUT2D eigenvalue weighted by atomic mass is 10.0. The van der Waals surface area contributed by atoms with Gasteiger partial charge in [0.1, 0.15) is 5.94 Å². The summed E-state index contributed by atoms with van der Waals surface area (Å²) in [6, 6.07) is 5.92. The summed E-state index contributed by atoms with van der Waals surface area (Å²) in [6.45, 7) is 3.56. The molecule has 1 aliphatic rings. The van der Waals surface area contributed by atoms with Gasteiger partial charge < -0.3 is 10.4 Å². The average Bonchev–Trinajstić information content (AvgIpc) is 2.46. The van der Waals surface area contributed by atoms with Crippen molar-refractivity contribution in [3.8, 4) is 0 Å². The molecule has 2 rings (SSSR count). The van der Waals surface area contributed by atoms with Gasteiger partial charge in [-0.15, -0.1) is 0 Å². The van der Waals surface area contributed by atoms with Gasteiger partial charge >= 0.3 is 5.97 Å². The second-order valence-electron chi connectivity index (χ2n) is 4.33. The van der Waals surface area contributed by atoms with E-state index >= 15 is 0 Å². The van der Waals surface area contributed by atoms with Crippen LogP contribution in [0.4, 0.5) is 5.69 Å². The van der Waals surface area contributed by atoms with E-state index < -0.39 is 5.97 Å². The molecule has 0 fully saturated rings. The maximum absolute atomic E-state index is 10.6. The molecule has 1 aromatic rings. The van der Waals surface area contributed by atoms with E-state index in [0.717, 1.165) is 21.2 Å². The third-order valence-corrected chi connectivity index (χ3v) is 3.58. The number of hydrogen-bond acceptors (Lipinski definition) is 3. The molecule has 0 saturated heterocycles. The molecule has 0 amide bonds. The molecule has 0 radical (unpaired) electrons. The Hall–Kier alpha value is -1.59. The van der Waals surface area contributed by atoms with Crippen molar-refractivity contribution in [3.63, 3.8) is 0 Å². The van der Waals surface area contributed by atoms with Gasteiger partial charge in [0.2, 0.25) is 0 Å². The summed E-state index contributed by atoms with van der Waals surface area (Å²) in [6.07, 6.45) is 4.19. The van der Waals surface area contributed by atoms with Gasteiger partial charge in [0.05, 0.1) is 11.5 Å². The monoisotopic (exact) mass is 385 g/mol.